The first-order valence-corrected chi connectivity index (χ1v) is 9.52. The standard InChI is InChI=1S/C16H28N4O2S/c1-13-11-14(7-8-15(13)23(5,21)22)12-19-16(17-2)18-9-6-10-20(3)4/h7-8,11H,6,9-10,12H2,1-5H3,(H2,17,18,19). The zero-order valence-corrected chi connectivity index (χ0v) is 15.5. The van der Waals surface area contributed by atoms with Gasteiger partial charge in [0.1, 0.15) is 0 Å². The van der Waals surface area contributed by atoms with Crippen molar-refractivity contribution in [1.29, 1.82) is 0 Å². The third kappa shape index (κ3) is 7.00. The maximum atomic E-state index is 11.6. The van der Waals surface area contributed by atoms with Crippen molar-refractivity contribution in [3.63, 3.8) is 0 Å². The van der Waals surface area contributed by atoms with Crippen LogP contribution in [0.1, 0.15) is 17.5 Å². The zero-order valence-electron chi connectivity index (χ0n) is 14.7. The normalized spacial score (nSPS) is 12.5. The molecular formula is C16H28N4O2S. The summed E-state index contributed by atoms with van der Waals surface area (Å²) in [5, 5.41) is 6.50. The number of sulfone groups is 1. The molecule has 0 heterocycles. The summed E-state index contributed by atoms with van der Waals surface area (Å²) in [6, 6.07) is 5.38. The van der Waals surface area contributed by atoms with Gasteiger partial charge in [-0.3, -0.25) is 4.99 Å². The van der Waals surface area contributed by atoms with E-state index < -0.39 is 9.84 Å². The molecule has 0 saturated heterocycles. The summed E-state index contributed by atoms with van der Waals surface area (Å²) in [6.07, 6.45) is 2.27. The molecule has 1 rings (SSSR count). The molecule has 0 aliphatic rings. The fourth-order valence-corrected chi connectivity index (χ4v) is 3.20. The van der Waals surface area contributed by atoms with Crippen molar-refractivity contribution in [2.45, 2.75) is 24.8 Å². The van der Waals surface area contributed by atoms with E-state index in [0.29, 0.717) is 11.4 Å². The van der Waals surface area contributed by atoms with E-state index in [-0.39, 0.29) is 0 Å². The average molecular weight is 340 g/mol. The maximum Gasteiger partial charge on any atom is 0.191 e. The first-order valence-electron chi connectivity index (χ1n) is 7.63. The van der Waals surface area contributed by atoms with Crippen molar-refractivity contribution in [3.05, 3.63) is 29.3 Å². The molecule has 0 fully saturated rings. The van der Waals surface area contributed by atoms with Crippen LogP contribution in [0.5, 0.6) is 0 Å². The minimum absolute atomic E-state index is 0.382. The van der Waals surface area contributed by atoms with Gasteiger partial charge >= 0.3 is 0 Å². The molecule has 1 aromatic rings. The van der Waals surface area contributed by atoms with E-state index in [0.717, 1.165) is 36.6 Å². The minimum Gasteiger partial charge on any atom is -0.356 e. The molecule has 0 aliphatic carbocycles. The Balaban J connectivity index is 2.55. The summed E-state index contributed by atoms with van der Waals surface area (Å²) in [7, 11) is 2.67. The van der Waals surface area contributed by atoms with Crippen LogP contribution in [0, 0.1) is 6.92 Å². The highest BCUT2D eigenvalue weighted by molar-refractivity contribution is 7.90. The largest absolute Gasteiger partial charge is 0.356 e. The highest BCUT2D eigenvalue weighted by Gasteiger charge is 2.10. The number of nitrogens with one attached hydrogen (secondary N) is 2. The van der Waals surface area contributed by atoms with Crippen LogP contribution in [-0.4, -0.2) is 59.8 Å². The van der Waals surface area contributed by atoms with Gasteiger partial charge in [0.05, 0.1) is 4.90 Å². The number of hydrogen-bond acceptors (Lipinski definition) is 4. The van der Waals surface area contributed by atoms with Gasteiger partial charge in [-0.1, -0.05) is 12.1 Å². The Hall–Kier alpha value is -1.60. The summed E-state index contributed by atoms with van der Waals surface area (Å²) in [5.74, 6) is 0.744. The number of aliphatic imine (C=N–C) groups is 1. The fraction of sp³-hybridized carbons (Fsp3) is 0.562. The SMILES string of the molecule is CN=C(NCCCN(C)C)NCc1ccc(S(C)(=O)=O)c(C)c1. The monoisotopic (exact) mass is 340 g/mol. The van der Waals surface area contributed by atoms with Crippen LogP contribution in [0.3, 0.4) is 0 Å². The number of guanidine groups is 1. The van der Waals surface area contributed by atoms with Crippen molar-refractivity contribution >= 4 is 15.8 Å². The van der Waals surface area contributed by atoms with Crippen molar-refractivity contribution in [2.24, 2.45) is 4.99 Å². The third-order valence-electron chi connectivity index (χ3n) is 3.40. The van der Waals surface area contributed by atoms with Crippen LogP contribution >= 0.6 is 0 Å². The first kappa shape index (κ1) is 19.4. The molecule has 7 heteroatoms. The van der Waals surface area contributed by atoms with Crippen LogP contribution in [0.25, 0.3) is 0 Å². The topological polar surface area (TPSA) is 73.8 Å². The van der Waals surface area contributed by atoms with Crippen molar-refractivity contribution in [3.8, 4) is 0 Å². The highest BCUT2D eigenvalue weighted by Crippen LogP contribution is 2.16. The van der Waals surface area contributed by atoms with E-state index in [1.165, 1.54) is 6.26 Å². The number of benzene rings is 1. The van der Waals surface area contributed by atoms with Crippen LogP contribution in [-0.2, 0) is 16.4 Å². The predicted octanol–water partition coefficient (Wildman–Crippen LogP) is 1.02. The summed E-state index contributed by atoms with van der Waals surface area (Å²) < 4.78 is 23.2. The van der Waals surface area contributed by atoms with Gasteiger partial charge in [0.2, 0.25) is 0 Å². The van der Waals surface area contributed by atoms with Crippen molar-refractivity contribution < 1.29 is 8.42 Å². The quantitative estimate of drug-likeness (QED) is 0.440. The maximum absolute atomic E-state index is 11.6. The molecule has 2 N–H and O–H groups in total. The molecule has 130 valence electrons. The summed E-state index contributed by atoms with van der Waals surface area (Å²) in [4.78, 5) is 6.71. The summed E-state index contributed by atoms with van der Waals surface area (Å²) >= 11 is 0. The van der Waals surface area contributed by atoms with Gasteiger partial charge in [-0.2, -0.15) is 0 Å². The lowest BCUT2D eigenvalue weighted by atomic mass is 10.1. The van der Waals surface area contributed by atoms with Gasteiger partial charge in [0.25, 0.3) is 0 Å². The van der Waals surface area contributed by atoms with E-state index in [2.05, 4.69) is 34.6 Å². The predicted molar refractivity (Wildman–Crippen MR) is 95.7 cm³/mol. The molecule has 0 unspecified atom stereocenters. The second-order valence-electron chi connectivity index (χ2n) is 5.88. The number of hydrogen-bond donors (Lipinski definition) is 2. The summed E-state index contributed by atoms with van der Waals surface area (Å²) in [5.41, 5.74) is 1.78. The molecule has 0 saturated carbocycles. The van der Waals surface area contributed by atoms with Crippen LogP contribution in [0.2, 0.25) is 0 Å². The van der Waals surface area contributed by atoms with Gasteiger partial charge in [-0.25, -0.2) is 8.42 Å². The van der Waals surface area contributed by atoms with Crippen LogP contribution in [0.15, 0.2) is 28.1 Å². The smallest absolute Gasteiger partial charge is 0.191 e. The van der Waals surface area contributed by atoms with Gasteiger partial charge in [0.15, 0.2) is 15.8 Å². The fourth-order valence-electron chi connectivity index (χ4n) is 2.25. The van der Waals surface area contributed by atoms with Gasteiger partial charge < -0.3 is 15.5 Å². The van der Waals surface area contributed by atoms with Gasteiger partial charge in [-0.15, -0.1) is 0 Å². The zero-order chi connectivity index (χ0) is 17.5. The molecule has 0 radical (unpaired) electrons. The first-order chi connectivity index (χ1) is 10.7. The Labute approximate surface area is 139 Å². The van der Waals surface area contributed by atoms with E-state index in [4.69, 9.17) is 0 Å². The lowest BCUT2D eigenvalue weighted by molar-refractivity contribution is 0.399. The van der Waals surface area contributed by atoms with Gasteiger partial charge in [0, 0.05) is 26.4 Å². The van der Waals surface area contributed by atoms with Crippen LogP contribution in [0.4, 0.5) is 0 Å². The molecule has 0 atom stereocenters. The molecule has 23 heavy (non-hydrogen) atoms. The van der Waals surface area contributed by atoms with Crippen molar-refractivity contribution in [1.82, 2.24) is 15.5 Å². The molecule has 6 nitrogen and oxygen atoms in total. The average Bonchev–Trinajstić information content (AvgIpc) is 2.45. The Morgan fingerprint density at radius 2 is 1.96 bits per heavy atom. The number of nitrogens with zero attached hydrogens (tertiary/aromatic N) is 2. The Morgan fingerprint density at radius 1 is 1.26 bits per heavy atom. The van der Waals surface area contributed by atoms with E-state index in [9.17, 15) is 8.42 Å². The minimum atomic E-state index is -3.17. The van der Waals surface area contributed by atoms with Crippen LogP contribution < -0.4 is 10.6 Å². The molecular weight excluding hydrogens is 312 g/mol. The highest BCUT2D eigenvalue weighted by atomic mass is 32.2. The van der Waals surface area contributed by atoms with E-state index >= 15 is 0 Å². The third-order valence-corrected chi connectivity index (χ3v) is 4.65. The van der Waals surface area contributed by atoms with E-state index in [1.807, 2.05) is 19.1 Å². The molecule has 0 bridgehead atoms. The Kier molecular flexibility index (Phi) is 7.51. The lowest BCUT2D eigenvalue weighted by Crippen LogP contribution is -2.38. The molecule has 1 aromatic carbocycles. The number of aryl methyl sites for hydroxylation is 1. The van der Waals surface area contributed by atoms with Gasteiger partial charge in [-0.05, 0) is 51.2 Å². The molecule has 0 aromatic heterocycles. The van der Waals surface area contributed by atoms with E-state index in [1.54, 1.807) is 13.1 Å². The second-order valence-corrected chi connectivity index (χ2v) is 7.87. The summed E-state index contributed by atoms with van der Waals surface area (Å²) in [6.45, 7) is 4.28. The van der Waals surface area contributed by atoms with Crippen molar-refractivity contribution in [2.75, 3.05) is 40.5 Å². The Bertz CT molecular complexity index is 639. The number of rotatable bonds is 7. The molecule has 0 spiro atoms. The lowest BCUT2D eigenvalue weighted by Gasteiger charge is -2.14. The second kappa shape index (κ2) is 8.88. The molecule has 0 amide bonds. The molecule has 0 aliphatic heterocycles. The Morgan fingerprint density at radius 3 is 2.48 bits per heavy atom.